The first-order valence-corrected chi connectivity index (χ1v) is 12.3. The van der Waals surface area contributed by atoms with E-state index in [0.29, 0.717) is 37.3 Å². The molecule has 1 saturated heterocycles. The number of aromatic nitrogens is 1. The van der Waals surface area contributed by atoms with Gasteiger partial charge >= 0.3 is 0 Å². The van der Waals surface area contributed by atoms with E-state index in [1.54, 1.807) is 30.3 Å². The summed E-state index contributed by atoms with van der Waals surface area (Å²) in [6.07, 6.45) is 8.67. The summed E-state index contributed by atoms with van der Waals surface area (Å²) in [6, 6.07) is 11.6. The summed E-state index contributed by atoms with van der Waals surface area (Å²) in [6.45, 7) is 1.76. The second kappa shape index (κ2) is 13.0. The predicted molar refractivity (Wildman–Crippen MR) is 146 cm³/mol. The first-order chi connectivity index (χ1) is 18.8. The molecule has 4 rings (SSSR count). The van der Waals surface area contributed by atoms with Crippen LogP contribution in [0.2, 0.25) is 5.02 Å². The van der Waals surface area contributed by atoms with Crippen LogP contribution in [-0.2, 0) is 9.47 Å². The number of nitrogens with one attached hydrogen (secondary N) is 2. The number of ether oxygens (including phenoxy) is 2. The van der Waals surface area contributed by atoms with Crippen molar-refractivity contribution in [2.45, 2.75) is 12.7 Å². The normalized spacial score (nSPS) is 13.3. The number of hydrogen-bond donors (Lipinski definition) is 2. The molecule has 0 bridgehead atoms. The van der Waals surface area contributed by atoms with Crippen molar-refractivity contribution in [2.75, 3.05) is 37.4 Å². The number of nitrogens with zero attached hydrogens (tertiary/aromatic N) is 3. The maximum atomic E-state index is 14.9. The van der Waals surface area contributed by atoms with Crippen LogP contribution in [0.3, 0.4) is 0 Å². The number of carbonyl (C=O) groups is 2. The Morgan fingerprint density at radius 3 is 2.62 bits per heavy atom. The van der Waals surface area contributed by atoms with Gasteiger partial charge in [0.25, 0.3) is 11.8 Å². The predicted octanol–water partition coefficient (Wildman–Crippen LogP) is 4.39. The van der Waals surface area contributed by atoms with Crippen molar-refractivity contribution in [3.8, 4) is 12.3 Å². The van der Waals surface area contributed by atoms with Gasteiger partial charge in [-0.1, -0.05) is 23.6 Å². The van der Waals surface area contributed by atoms with E-state index in [1.807, 2.05) is 0 Å². The lowest BCUT2D eigenvalue weighted by Gasteiger charge is -2.15. The molecular weight excluding hydrogens is 525 g/mol. The van der Waals surface area contributed by atoms with E-state index in [-0.39, 0.29) is 33.9 Å². The van der Waals surface area contributed by atoms with Gasteiger partial charge in [-0.3, -0.25) is 14.6 Å². The third-order valence-corrected chi connectivity index (χ3v) is 5.90. The molecule has 2 N–H and O–H groups in total. The average Bonchev–Trinajstić information content (AvgIpc) is 3.46. The SMILES string of the molecule is C#Cc1ccc(NC(=O)c2cc(Cl)ccc2NC(=O)c2ccc(C=NN(C)CCC3OCCO3)cc2F)nc1. The minimum Gasteiger partial charge on any atom is -0.350 e. The molecule has 1 aromatic heterocycles. The number of hydrogen-bond acceptors (Lipinski definition) is 7. The van der Waals surface area contributed by atoms with Gasteiger partial charge in [0.2, 0.25) is 0 Å². The van der Waals surface area contributed by atoms with Crippen LogP contribution in [0.15, 0.2) is 59.8 Å². The van der Waals surface area contributed by atoms with Gasteiger partial charge in [-0.15, -0.1) is 6.42 Å². The van der Waals surface area contributed by atoms with Crippen molar-refractivity contribution in [3.63, 3.8) is 0 Å². The lowest BCUT2D eigenvalue weighted by Crippen LogP contribution is -2.20. The van der Waals surface area contributed by atoms with Crippen molar-refractivity contribution < 1.29 is 23.5 Å². The van der Waals surface area contributed by atoms with Crippen LogP contribution in [0.25, 0.3) is 0 Å². The summed E-state index contributed by atoms with van der Waals surface area (Å²) in [4.78, 5) is 29.9. The monoisotopic (exact) mass is 549 g/mol. The van der Waals surface area contributed by atoms with E-state index in [9.17, 15) is 14.0 Å². The molecule has 9 nitrogen and oxygen atoms in total. The second-order valence-corrected chi connectivity index (χ2v) is 8.94. The maximum absolute atomic E-state index is 14.9. The fourth-order valence-corrected chi connectivity index (χ4v) is 3.80. The van der Waals surface area contributed by atoms with Crippen LogP contribution in [0.1, 0.15) is 38.3 Å². The molecule has 1 fully saturated rings. The highest BCUT2D eigenvalue weighted by molar-refractivity contribution is 6.31. The van der Waals surface area contributed by atoms with Crippen molar-refractivity contribution in [3.05, 3.63) is 87.8 Å². The molecule has 2 aromatic carbocycles. The summed E-state index contributed by atoms with van der Waals surface area (Å²) in [5.74, 6) is 0.637. The van der Waals surface area contributed by atoms with E-state index in [0.717, 1.165) is 0 Å². The topological polar surface area (TPSA) is 105 Å². The van der Waals surface area contributed by atoms with Crippen LogP contribution < -0.4 is 10.6 Å². The molecule has 0 atom stereocenters. The highest BCUT2D eigenvalue weighted by Crippen LogP contribution is 2.23. The van der Waals surface area contributed by atoms with Gasteiger partial charge in [-0.25, -0.2) is 9.37 Å². The van der Waals surface area contributed by atoms with E-state index < -0.39 is 17.6 Å². The molecule has 0 radical (unpaired) electrons. The highest BCUT2D eigenvalue weighted by atomic mass is 35.5. The number of anilines is 2. The molecule has 2 heterocycles. The molecule has 39 heavy (non-hydrogen) atoms. The molecule has 1 aliphatic rings. The van der Waals surface area contributed by atoms with Crippen molar-refractivity contribution in [2.24, 2.45) is 5.10 Å². The standard InChI is InChI=1S/C28H25ClFN5O4/c1-3-18-5-9-25(31-16-18)34-28(37)22-15-20(29)6-8-24(22)33-27(36)21-7-4-19(14-23(21)30)17-32-35(2)11-10-26-38-12-13-39-26/h1,4-9,14-17,26H,10-13H2,2H3,(H,33,36)(H,31,34,37). The molecule has 1 aliphatic heterocycles. The minimum absolute atomic E-state index is 0.0688. The summed E-state index contributed by atoms with van der Waals surface area (Å²) in [5, 5.41) is 11.4. The van der Waals surface area contributed by atoms with Gasteiger partial charge in [-0.2, -0.15) is 5.10 Å². The third kappa shape index (κ3) is 7.61. The summed E-state index contributed by atoms with van der Waals surface area (Å²) < 4.78 is 25.7. The van der Waals surface area contributed by atoms with Crippen molar-refractivity contribution >= 4 is 41.1 Å². The van der Waals surface area contributed by atoms with Gasteiger partial charge in [0, 0.05) is 36.8 Å². The number of carbonyl (C=O) groups excluding carboxylic acids is 2. The molecule has 2 amide bonds. The second-order valence-electron chi connectivity index (χ2n) is 8.50. The Hall–Kier alpha value is -4.30. The Balaban J connectivity index is 1.41. The largest absolute Gasteiger partial charge is 0.350 e. The maximum Gasteiger partial charge on any atom is 0.258 e. The highest BCUT2D eigenvalue weighted by Gasteiger charge is 2.19. The molecule has 0 spiro atoms. The average molecular weight is 550 g/mol. The van der Waals surface area contributed by atoms with Crippen LogP contribution >= 0.6 is 11.6 Å². The molecule has 0 aliphatic carbocycles. The van der Waals surface area contributed by atoms with Gasteiger partial charge in [0.1, 0.15) is 11.6 Å². The lowest BCUT2D eigenvalue weighted by atomic mass is 10.1. The number of terminal acetylenes is 1. The van der Waals surface area contributed by atoms with Crippen molar-refractivity contribution in [1.29, 1.82) is 0 Å². The number of hydrazone groups is 1. The Morgan fingerprint density at radius 2 is 1.92 bits per heavy atom. The first kappa shape index (κ1) is 27.7. The minimum atomic E-state index is -0.746. The quantitative estimate of drug-likeness (QED) is 0.233. The summed E-state index contributed by atoms with van der Waals surface area (Å²) in [5.41, 5.74) is 1.03. The molecule has 3 aromatic rings. The zero-order valence-corrected chi connectivity index (χ0v) is 21.7. The van der Waals surface area contributed by atoms with E-state index in [4.69, 9.17) is 27.5 Å². The fraction of sp³-hybridized carbons (Fsp3) is 0.214. The Bertz CT molecular complexity index is 1420. The summed E-state index contributed by atoms with van der Waals surface area (Å²) in [7, 11) is 1.78. The first-order valence-electron chi connectivity index (χ1n) is 11.9. The van der Waals surface area contributed by atoms with Crippen LogP contribution in [0.4, 0.5) is 15.9 Å². The Morgan fingerprint density at radius 1 is 1.15 bits per heavy atom. The number of pyridine rings is 1. The Kier molecular flexibility index (Phi) is 9.22. The zero-order valence-electron chi connectivity index (χ0n) is 21.0. The molecule has 11 heteroatoms. The number of benzene rings is 2. The third-order valence-electron chi connectivity index (χ3n) is 5.67. The van der Waals surface area contributed by atoms with Gasteiger partial charge in [0.05, 0.1) is 36.2 Å². The van der Waals surface area contributed by atoms with Gasteiger partial charge < -0.3 is 20.1 Å². The van der Waals surface area contributed by atoms with E-state index in [2.05, 4.69) is 26.6 Å². The van der Waals surface area contributed by atoms with Gasteiger partial charge in [0.15, 0.2) is 6.29 Å². The van der Waals surface area contributed by atoms with Crippen LogP contribution in [0, 0.1) is 18.2 Å². The molecule has 0 unspecified atom stereocenters. The molecule has 0 saturated carbocycles. The zero-order chi connectivity index (χ0) is 27.8. The number of rotatable bonds is 9. The van der Waals surface area contributed by atoms with Crippen molar-refractivity contribution in [1.82, 2.24) is 9.99 Å². The van der Waals surface area contributed by atoms with Gasteiger partial charge in [-0.05, 0) is 48.0 Å². The fourth-order valence-electron chi connectivity index (χ4n) is 3.62. The number of amides is 2. The van der Waals surface area contributed by atoms with E-state index >= 15 is 0 Å². The van der Waals surface area contributed by atoms with Crippen LogP contribution in [0.5, 0.6) is 0 Å². The van der Waals surface area contributed by atoms with Crippen LogP contribution in [-0.4, -0.2) is 61.1 Å². The molecule has 200 valence electrons. The molecular formula is C28H25ClFN5O4. The van der Waals surface area contributed by atoms with E-state index in [1.165, 1.54) is 42.7 Å². The number of halogens is 2. The lowest BCUT2D eigenvalue weighted by molar-refractivity contribution is -0.0504. The smallest absolute Gasteiger partial charge is 0.258 e. The summed E-state index contributed by atoms with van der Waals surface area (Å²) >= 11 is 6.09. The Labute approximate surface area is 230 Å².